The van der Waals surface area contributed by atoms with Gasteiger partial charge >= 0.3 is 11.8 Å². The molecule has 0 aliphatic heterocycles. The average molecular weight is 281 g/mol. The molecule has 5 nitrogen and oxygen atoms in total. The summed E-state index contributed by atoms with van der Waals surface area (Å²) in [5, 5.41) is 13.8. The van der Waals surface area contributed by atoms with E-state index in [0.29, 0.717) is 6.07 Å². The molecular formula is C9H6F3NO4S. The molecule has 0 saturated heterocycles. The number of primary sulfonamides is 1. The minimum atomic E-state index is -4.75. The maximum absolute atomic E-state index is 13.5. The average Bonchev–Trinajstić information content (AvgIpc) is 2.37. The second kappa shape index (κ2) is 3.31. The van der Waals surface area contributed by atoms with Crippen LogP contribution >= 0.6 is 0 Å². The summed E-state index contributed by atoms with van der Waals surface area (Å²) in [5.41, 5.74) is -2.22. The fourth-order valence-electron chi connectivity index (χ4n) is 1.76. The van der Waals surface area contributed by atoms with Crippen LogP contribution in [0.1, 0.15) is 15.9 Å². The van der Waals surface area contributed by atoms with E-state index in [4.69, 9.17) is 10.2 Å². The Morgan fingerprint density at radius 2 is 1.78 bits per heavy atom. The first-order chi connectivity index (χ1) is 8.01. The largest absolute Gasteiger partial charge is 0.371 e. The van der Waals surface area contributed by atoms with E-state index < -0.39 is 43.6 Å². The first-order valence-corrected chi connectivity index (χ1v) is 6.06. The Morgan fingerprint density at radius 1 is 1.22 bits per heavy atom. The molecule has 0 fully saturated rings. The number of rotatable bonds is 1. The summed E-state index contributed by atoms with van der Waals surface area (Å²) in [5.74, 6) is -11.1. The van der Waals surface area contributed by atoms with Crippen LogP contribution in [-0.2, 0) is 15.9 Å². The van der Waals surface area contributed by atoms with Crippen molar-refractivity contribution in [2.75, 3.05) is 0 Å². The molecular weight excluding hydrogens is 275 g/mol. The van der Waals surface area contributed by atoms with E-state index in [-0.39, 0.29) is 0 Å². The van der Waals surface area contributed by atoms with Gasteiger partial charge in [-0.1, -0.05) is 12.1 Å². The quantitative estimate of drug-likeness (QED) is 0.772. The highest BCUT2D eigenvalue weighted by Crippen LogP contribution is 2.50. The van der Waals surface area contributed by atoms with Crippen LogP contribution in [0.4, 0.5) is 13.2 Å². The van der Waals surface area contributed by atoms with Crippen molar-refractivity contribution in [3.05, 3.63) is 29.3 Å². The molecule has 0 saturated carbocycles. The summed E-state index contributed by atoms with van der Waals surface area (Å²) >= 11 is 0. The van der Waals surface area contributed by atoms with E-state index in [1.54, 1.807) is 0 Å². The van der Waals surface area contributed by atoms with E-state index in [0.717, 1.165) is 12.1 Å². The van der Waals surface area contributed by atoms with Gasteiger partial charge in [0.2, 0.25) is 15.8 Å². The van der Waals surface area contributed by atoms with Crippen molar-refractivity contribution in [2.24, 2.45) is 5.14 Å². The fraction of sp³-hybridized carbons (Fsp3) is 0.222. The zero-order valence-corrected chi connectivity index (χ0v) is 9.34. The number of Topliss-reactive ketones (excluding diaryl/α,β-unsaturated/α-hetero) is 1. The van der Waals surface area contributed by atoms with Gasteiger partial charge in [-0.3, -0.25) is 4.79 Å². The molecule has 98 valence electrons. The summed E-state index contributed by atoms with van der Waals surface area (Å²) < 4.78 is 62.4. The summed E-state index contributed by atoms with van der Waals surface area (Å²) in [6.45, 7) is 0. The molecule has 18 heavy (non-hydrogen) atoms. The fourth-order valence-corrected chi connectivity index (χ4v) is 2.51. The summed E-state index contributed by atoms with van der Waals surface area (Å²) in [6.07, 6.45) is 0. The van der Waals surface area contributed by atoms with Crippen LogP contribution in [0, 0.1) is 0 Å². The van der Waals surface area contributed by atoms with E-state index >= 15 is 0 Å². The standard InChI is InChI=1S/C9H6F3NO4S/c10-8(11)7(14)6-4(9(8,12)15)2-1-3-5(6)18(13,16)17/h1-3,15H,(H2,13,16,17). The first-order valence-electron chi connectivity index (χ1n) is 4.51. The molecule has 0 radical (unpaired) electrons. The number of ketones is 1. The molecule has 0 spiro atoms. The van der Waals surface area contributed by atoms with Crippen LogP contribution < -0.4 is 5.14 Å². The van der Waals surface area contributed by atoms with Crippen molar-refractivity contribution in [1.29, 1.82) is 0 Å². The predicted molar refractivity (Wildman–Crippen MR) is 52.1 cm³/mol. The normalized spacial score (nSPS) is 26.2. The van der Waals surface area contributed by atoms with Gasteiger partial charge in [-0.2, -0.15) is 13.2 Å². The van der Waals surface area contributed by atoms with E-state index in [2.05, 4.69) is 0 Å². The topological polar surface area (TPSA) is 97.5 Å². The highest BCUT2D eigenvalue weighted by atomic mass is 32.2. The highest BCUT2D eigenvalue weighted by molar-refractivity contribution is 7.89. The highest BCUT2D eigenvalue weighted by Gasteiger charge is 2.68. The molecule has 0 aromatic heterocycles. The number of carbonyl (C=O) groups is 1. The van der Waals surface area contributed by atoms with E-state index in [9.17, 15) is 26.4 Å². The molecule has 1 aliphatic rings. The SMILES string of the molecule is NS(=O)(=O)c1cccc2c1C(=O)C(F)(F)C2(O)F. The third-order valence-electron chi connectivity index (χ3n) is 2.62. The second-order valence-corrected chi connectivity index (χ2v) is 5.28. The minimum Gasteiger partial charge on any atom is -0.353 e. The number of nitrogens with two attached hydrogens (primary N) is 1. The number of benzene rings is 1. The lowest BCUT2D eigenvalue weighted by Crippen LogP contribution is -2.41. The van der Waals surface area contributed by atoms with Gasteiger partial charge in [0.05, 0.1) is 10.5 Å². The molecule has 1 aromatic carbocycles. The van der Waals surface area contributed by atoms with Crippen LogP contribution in [0.25, 0.3) is 0 Å². The van der Waals surface area contributed by atoms with Crippen LogP contribution in [0.2, 0.25) is 0 Å². The molecule has 1 atom stereocenters. The van der Waals surface area contributed by atoms with Gasteiger partial charge in [0.15, 0.2) is 0 Å². The monoisotopic (exact) mass is 281 g/mol. The Balaban J connectivity index is 2.89. The Bertz CT molecular complexity index is 654. The molecule has 0 amide bonds. The van der Waals surface area contributed by atoms with Gasteiger partial charge in [0, 0.05) is 5.56 Å². The van der Waals surface area contributed by atoms with Crippen LogP contribution in [0.15, 0.2) is 23.1 Å². The molecule has 3 N–H and O–H groups in total. The van der Waals surface area contributed by atoms with Gasteiger partial charge in [-0.25, -0.2) is 13.6 Å². The number of hydrogen-bond donors (Lipinski definition) is 2. The van der Waals surface area contributed by atoms with Crippen molar-refractivity contribution >= 4 is 15.8 Å². The van der Waals surface area contributed by atoms with Crippen molar-refractivity contribution in [2.45, 2.75) is 16.7 Å². The molecule has 9 heteroatoms. The van der Waals surface area contributed by atoms with Gasteiger partial charge < -0.3 is 5.11 Å². The summed E-state index contributed by atoms with van der Waals surface area (Å²) in [4.78, 5) is 10.4. The molecule has 2 rings (SSSR count). The lowest BCUT2D eigenvalue weighted by Gasteiger charge is -2.19. The molecule has 1 aliphatic carbocycles. The van der Waals surface area contributed by atoms with Crippen molar-refractivity contribution in [3.8, 4) is 0 Å². The zero-order valence-electron chi connectivity index (χ0n) is 8.52. The molecule has 0 bridgehead atoms. The summed E-state index contributed by atoms with van der Waals surface area (Å²) in [6, 6.07) is 2.38. The van der Waals surface area contributed by atoms with Gasteiger partial charge in [0.25, 0.3) is 0 Å². The predicted octanol–water partition coefficient (Wildman–Crippen LogP) is 0.280. The van der Waals surface area contributed by atoms with Gasteiger partial charge in [-0.05, 0) is 6.07 Å². The third-order valence-corrected chi connectivity index (χ3v) is 3.57. The van der Waals surface area contributed by atoms with Crippen molar-refractivity contribution < 1.29 is 31.5 Å². The number of aliphatic hydroxyl groups is 1. The number of hydrogen-bond acceptors (Lipinski definition) is 4. The minimum absolute atomic E-state index is 0.697. The second-order valence-electron chi connectivity index (χ2n) is 3.75. The molecule has 0 heterocycles. The Morgan fingerprint density at radius 3 is 2.28 bits per heavy atom. The van der Waals surface area contributed by atoms with E-state index in [1.165, 1.54) is 0 Å². The third kappa shape index (κ3) is 1.41. The number of sulfonamides is 1. The number of halogens is 3. The van der Waals surface area contributed by atoms with Crippen molar-refractivity contribution in [3.63, 3.8) is 0 Å². The molecule has 1 aromatic rings. The Kier molecular flexibility index (Phi) is 2.39. The first kappa shape index (κ1) is 13.0. The van der Waals surface area contributed by atoms with Gasteiger partial charge in [0.1, 0.15) is 0 Å². The van der Waals surface area contributed by atoms with Crippen LogP contribution in [0.5, 0.6) is 0 Å². The van der Waals surface area contributed by atoms with E-state index in [1.807, 2.05) is 0 Å². The van der Waals surface area contributed by atoms with Crippen LogP contribution in [-0.4, -0.2) is 25.2 Å². The summed E-state index contributed by atoms with van der Waals surface area (Å²) in [7, 11) is -4.49. The smallest absolute Gasteiger partial charge is 0.353 e. The lowest BCUT2D eigenvalue weighted by molar-refractivity contribution is -0.226. The Labute approximate surface area is 99.1 Å². The molecule has 1 unspecified atom stereocenters. The van der Waals surface area contributed by atoms with Gasteiger partial charge in [-0.15, -0.1) is 0 Å². The Hall–Kier alpha value is -1.45. The van der Waals surface area contributed by atoms with Crippen molar-refractivity contribution in [1.82, 2.24) is 0 Å². The number of carbonyl (C=O) groups excluding carboxylic acids is 1. The maximum Gasteiger partial charge on any atom is 0.371 e. The lowest BCUT2D eigenvalue weighted by atomic mass is 10.1. The number of alkyl halides is 3. The zero-order chi connectivity index (χ0) is 13.9. The maximum atomic E-state index is 13.5. The number of fused-ring (bicyclic) bond motifs is 1. The van der Waals surface area contributed by atoms with Crippen LogP contribution in [0.3, 0.4) is 0 Å².